The van der Waals surface area contributed by atoms with Crippen molar-refractivity contribution < 1.29 is 14.7 Å². The quantitative estimate of drug-likeness (QED) is 0.421. The van der Waals surface area contributed by atoms with E-state index in [1.165, 1.54) is 32.1 Å². The molecule has 4 fully saturated rings. The second-order valence-corrected chi connectivity index (χ2v) is 12.6. The maximum absolute atomic E-state index is 12.4. The Bertz CT molecular complexity index is 1040. The number of aliphatic hydroxyl groups is 1. The van der Waals surface area contributed by atoms with Crippen molar-refractivity contribution in [2.45, 2.75) is 91.1 Å². The molecule has 0 saturated heterocycles. The fourth-order valence-corrected chi connectivity index (χ4v) is 9.00. The smallest absolute Gasteiger partial charge is 0.159 e. The first-order valence-electron chi connectivity index (χ1n) is 13.4. The molecule has 3 unspecified atom stereocenters. The number of carbonyl (C=O) groups is 2. The maximum atomic E-state index is 12.4. The minimum absolute atomic E-state index is 0.0535. The number of rotatable bonds is 2. The van der Waals surface area contributed by atoms with Crippen LogP contribution in [-0.2, 0) is 4.79 Å². The summed E-state index contributed by atoms with van der Waals surface area (Å²) in [4.78, 5) is 23.9. The van der Waals surface area contributed by atoms with Gasteiger partial charge >= 0.3 is 0 Å². The SMILES string of the molecule is CC(=O)c1ccc(C#C[C@@]2(O)CC[C@]3(C)C4CC[C@@]5(C)C(CC[C@@H]5C(C)=O)C4CC[C@@H]3C2)cc1. The molecule has 1 aromatic rings. The van der Waals surface area contributed by atoms with Gasteiger partial charge in [-0.25, -0.2) is 0 Å². The van der Waals surface area contributed by atoms with Gasteiger partial charge in [-0.3, -0.25) is 9.59 Å². The molecule has 0 amide bonds. The van der Waals surface area contributed by atoms with Crippen LogP contribution in [0.5, 0.6) is 0 Å². The van der Waals surface area contributed by atoms with Crippen LogP contribution in [0.3, 0.4) is 0 Å². The van der Waals surface area contributed by atoms with Gasteiger partial charge in [-0.15, -0.1) is 0 Å². The molecule has 4 aliphatic carbocycles. The molecule has 182 valence electrons. The van der Waals surface area contributed by atoms with Crippen LogP contribution in [0.2, 0.25) is 0 Å². The standard InChI is InChI=1S/C31H40O3/c1-20(32)23-7-5-22(6-8-23)13-16-31(34)18-17-29(3)24(19-31)9-10-25-27-12-11-26(21(2)33)30(27,4)15-14-28(25)29/h5-8,24-28,34H,9-12,14-15,17-19H2,1-4H3/t24-,25?,26-,27?,28?,29+,30-,31-/m1/s1. The Morgan fingerprint density at radius 3 is 2.26 bits per heavy atom. The molecule has 8 atom stereocenters. The minimum atomic E-state index is -0.924. The van der Waals surface area contributed by atoms with Gasteiger partial charge in [0.15, 0.2) is 5.78 Å². The van der Waals surface area contributed by atoms with Crippen molar-refractivity contribution in [1.29, 1.82) is 0 Å². The monoisotopic (exact) mass is 460 g/mol. The molecule has 1 N–H and O–H groups in total. The van der Waals surface area contributed by atoms with E-state index in [0.29, 0.717) is 29.1 Å². The summed E-state index contributed by atoms with van der Waals surface area (Å²) in [5.74, 6) is 9.80. The van der Waals surface area contributed by atoms with Gasteiger partial charge in [0.25, 0.3) is 0 Å². The summed E-state index contributed by atoms with van der Waals surface area (Å²) in [5, 5.41) is 11.4. The van der Waals surface area contributed by atoms with Crippen molar-refractivity contribution in [1.82, 2.24) is 0 Å². The van der Waals surface area contributed by atoms with Crippen molar-refractivity contribution in [2.24, 2.45) is 40.4 Å². The lowest BCUT2D eigenvalue weighted by atomic mass is 9.44. The molecule has 0 aliphatic heterocycles. The van der Waals surface area contributed by atoms with Gasteiger partial charge in [0.05, 0.1) is 0 Å². The molecule has 1 aromatic carbocycles. The number of benzene rings is 1. The number of Topliss-reactive ketones (excluding diaryl/α,β-unsaturated/α-hetero) is 2. The Hall–Kier alpha value is -1.92. The van der Waals surface area contributed by atoms with Crippen molar-refractivity contribution in [3.63, 3.8) is 0 Å². The summed E-state index contributed by atoms with van der Waals surface area (Å²) < 4.78 is 0. The molecular weight excluding hydrogens is 420 g/mol. The fourth-order valence-electron chi connectivity index (χ4n) is 9.00. The molecule has 5 rings (SSSR count). The largest absolute Gasteiger partial charge is 0.378 e. The first-order chi connectivity index (χ1) is 16.1. The zero-order valence-electron chi connectivity index (χ0n) is 21.3. The second kappa shape index (κ2) is 8.34. The summed E-state index contributed by atoms with van der Waals surface area (Å²) in [6.07, 6.45) is 9.68. The molecule has 0 spiro atoms. The maximum Gasteiger partial charge on any atom is 0.159 e. The highest BCUT2D eigenvalue weighted by Crippen LogP contribution is 2.68. The Balaban J connectivity index is 1.32. The molecule has 3 heteroatoms. The molecule has 0 bridgehead atoms. The van der Waals surface area contributed by atoms with Crippen LogP contribution in [-0.4, -0.2) is 22.3 Å². The molecule has 34 heavy (non-hydrogen) atoms. The third-order valence-corrected chi connectivity index (χ3v) is 10.9. The van der Waals surface area contributed by atoms with Gasteiger partial charge in [-0.1, -0.05) is 37.8 Å². The molecule has 0 heterocycles. The number of hydrogen-bond donors (Lipinski definition) is 1. The summed E-state index contributed by atoms with van der Waals surface area (Å²) in [6, 6.07) is 7.37. The highest BCUT2D eigenvalue weighted by Gasteiger charge is 2.61. The lowest BCUT2D eigenvalue weighted by Crippen LogP contribution is -2.56. The number of hydrogen-bond acceptors (Lipinski definition) is 3. The van der Waals surface area contributed by atoms with Gasteiger partial charge in [0.1, 0.15) is 11.4 Å². The van der Waals surface area contributed by atoms with E-state index in [-0.39, 0.29) is 22.5 Å². The van der Waals surface area contributed by atoms with Crippen molar-refractivity contribution in [2.75, 3.05) is 0 Å². The molecule has 0 aromatic heterocycles. The summed E-state index contributed by atoms with van der Waals surface area (Å²) in [7, 11) is 0. The van der Waals surface area contributed by atoms with Crippen molar-refractivity contribution in [3.8, 4) is 11.8 Å². The first kappa shape index (κ1) is 23.8. The number of fused-ring (bicyclic) bond motifs is 5. The van der Waals surface area contributed by atoms with Crippen molar-refractivity contribution >= 4 is 11.6 Å². The average molecular weight is 461 g/mol. The molecular formula is C31H40O3. The number of ketones is 2. The van der Waals surface area contributed by atoms with Crippen LogP contribution in [0.15, 0.2) is 24.3 Å². The van der Waals surface area contributed by atoms with Crippen LogP contribution in [0.4, 0.5) is 0 Å². The van der Waals surface area contributed by atoms with E-state index in [0.717, 1.165) is 37.2 Å². The third-order valence-electron chi connectivity index (χ3n) is 10.9. The van der Waals surface area contributed by atoms with E-state index in [2.05, 4.69) is 25.7 Å². The van der Waals surface area contributed by atoms with E-state index in [4.69, 9.17) is 0 Å². The van der Waals surface area contributed by atoms with Crippen LogP contribution in [0.1, 0.15) is 101 Å². The summed E-state index contributed by atoms with van der Waals surface area (Å²) >= 11 is 0. The molecule has 0 radical (unpaired) electrons. The third kappa shape index (κ3) is 3.78. The highest BCUT2D eigenvalue weighted by molar-refractivity contribution is 5.94. The van der Waals surface area contributed by atoms with E-state index in [9.17, 15) is 14.7 Å². The topological polar surface area (TPSA) is 54.4 Å². The van der Waals surface area contributed by atoms with Gasteiger partial charge in [0.2, 0.25) is 0 Å². The first-order valence-corrected chi connectivity index (χ1v) is 13.4. The summed E-state index contributed by atoms with van der Waals surface area (Å²) in [6.45, 7) is 8.29. The number of carbonyl (C=O) groups excluding carboxylic acids is 2. The summed E-state index contributed by atoms with van der Waals surface area (Å²) in [5.41, 5.74) is 1.09. The van der Waals surface area contributed by atoms with E-state index in [1.54, 1.807) is 6.92 Å². The average Bonchev–Trinajstić information content (AvgIpc) is 3.16. The van der Waals surface area contributed by atoms with Gasteiger partial charge in [-0.2, -0.15) is 0 Å². The highest BCUT2D eigenvalue weighted by atomic mass is 16.3. The predicted octanol–water partition coefficient (Wildman–Crippen LogP) is 6.22. The van der Waals surface area contributed by atoms with E-state index in [1.807, 2.05) is 31.2 Å². The Morgan fingerprint density at radius 1 is 0.882 bits per heavy atom. The van der Waals surface area contributed by atoms with Crippen LogP contribution < -0.4 is 0 Å². The van der Waals surface area contributed by atoms with Crippen LogP contribution in [0, 0.1) is 52.3 Å². The van der Waals surface area contributed by atoms with Crippen LogP contribution >= 0.6 is 0 Å². The Kier molecular flexibility index (Phi) is 5.84. The van der Waals surface area contributed by atoms with Crippen LogP contribution in [0.25, 0.3) is 0 Å². The zero-order valence-corrected chi connectivity index (χ0v) is 21.3. The molecule has 3 nitrogen and oxygen atoms in total. The second-order valence-electron chi connectivity index (χ2n) is 12.6. The van der Waals surface area contributed by atoms with Gasteiger partial charge in [0, 0.05) is 17.0 Å². The van der Waals surface area contributed by atoms with Crippen molar-refractivity contribution in [3.05, 3.63) is 35.4 Å². The molecule has 4 saturated carbocycles. The van der Waals surface area contributed by atoms with E-state index < -0.39 is 5.60 Å². The predicted molar refractivity (Wildman–Crippen MR) is 134 cm³/mol. The van der Waals surface area contributed by atoms with Gasteiger partial charge in [-0.05, 0) is 118 Å². The Morgan fingerprint density at radius 2 is 1.59 bits per heavy atom. The minimum Gasteiger partial charge on any atom is -0.378 e. The van der Waals surface area contributed by atoms with Gasteiger partial charge < -0.3 is 5.11 Å². The van der Waals surface area contributed by atoms with E-state index >= 15 is 0 Å². The molecule has 4 aliphatic rings. The normalized spacial score (nSPS) is 43.0. The fraction of sp³-hybridized carbons (Fsp3) is 0.677. The zero-order chi connectivity index (χ0) is 24.3. The lowest BCUT2D eigenvalue weighted by molar-refractivity contribution is -0.144. The lowest BCUT2D eigenvalue weighted by Gasteiger charge is -2.61. The Labute approximate surface area is 205 Å².